The van der Waals surface area contributed by atoms with E-state index in [-0.39, 0.29) is 0 Å². The molecule has 2 atom stereocenters. The molecule has 0 spiro atoms. The van der Waals surface area contributed by atoms with Crippen molar-refractivity contribution in [1.82, 2.24) is 19.9 Å². The molecule has 2 fully saturated rings. The number of amides is 1. The highest BCUT2D eigenvalue weighted by Gasteiger charge is 2.39. The highest BCUT2D eigenvalue weighted by atomic mass is 16.5. The Kier molecular flexibility index (Phi) is 4.57. The molecule has 0 bridgehead atoms. The van der Waals surface area contributed by atoms with E-state index in [1.807, 2.05) is 12.3 Å². The summed E-state index contributed by atoms with van der Waals surface area (Å²) in [7, 11) is 1.71. The SMILES string of the molecule is COCCCN1C(=O)CC[C@@H]2CN(c3ncnc4[nH]ccc34)CC[C@@H]21. The first-order valence-electron chi connectivity index (χ1n) is 9.09. The minimum absolute atomic E-state index is 0.306. The van der Waals surface area contributed by atoms with Gasteiger partial charge in [0.1, 0.15) is 17.8 Å². The standard InChI is InChI=1S/C18H25N5O2/c1-25-10-2-8-23-15-6-9-22(11-13(15)3-4-16(23)24)18-14-5-7-19-17(14)20-12-21-18/h5,7,12-13,15H,2-4,6,8-11H2,1H3,(H,19,20,21)/t13-,15+/m1/s1. The molecule has 2 aliphatic rings. The van der Waals surface area contributed by atoms with Crippen LogP contribution in [0.15, 0.2) is 18.6 Å². The summed E-state index contributed by atoms with van der Waals surface area (Å²) in [6.45, 7) is 3.39. The zero-order chi connectivity index (χ0) is 17.2. The van der Waals surface area contributed by atoms with Crippen molar-refractivity contribution >= 4 is 22.8 Å². The average molecular weight is 343 g/mol. The highest BCUT2D eigenvalue weighted by molar-refractivity contribution is 5.87. The molecule has 134 valence electrons. The Balaban J connectivity index is 1.50. The van der Waals surface area contributed by atoms with Crippen LogP contribution in [0.5, 0.6) is 0 Å². The Morgan fingerprint density at radius 2 is 2.28 bits per heavy atom. The van der Waals surface area contributed by atoms with Crippen molar-refractivity contribution in [1.29, 1.82) is 0 Å². The summed E-state index contributed by atoms with van der Waals surface area (Å²) in [5, 5.41) is 1.07. The molecule has 0 aliphatic carbocycles. The van der Waals surface area contributed by atoms with Gasteiger partial charge < -0.3 is 19.5 Å². The van der Waals surface area contributed by atoms with Gasteiger partial charge in [0.25, 0.3) is 0 Å². The zero-order valence-corrected chi connectivity index (χ0v) is 14.6. The Morgan fingerprint density at radius 1 is 1.36 bits per heavy atom. The van der Waals surface area contributed by atoms with E-state index >= 15 is 0 Å². The van der Waals surface area contributed by atoms with Gasteiger partial charge in [0.15, 0.2) is 0 Å². The summed E-state index contributed by atoms with van der Waals surface area (Å²) < 4.78 is 5.15. The van der Waals surface area contributed by atoms with Gasteiger partial charge in [-0.15, -0.1) is 0 Å². The molecule has 2 saturated heterocycles. The van der Waals surface area contributed by atoms with Crippen molar-refractivity contribution in [3.05, 3.63) is 18.6 Å². The predicted molar refractivity (Wildman–Crippen MR) is 95.4 cm³/mol. The molecule has 7 heteroatoms. The molecule has 0 saturated carbocycles. The number of hydrogen-bond acceptors (Lipinski definition) is 5. The first kappa shape index (κ1) is 16.3. The van der Waals surface area contributed by atoms with E-state index in [4.69, 9.17) is 4.74 Å². The van der Waals surface area contributed by atoms with Crippen molar-refractivity contribution in [3.63, 3.8) is 0 Å². The molecule has 0 aromatic carbocycles. The van der Waals surface area contributed by atoms with E-state index in [0.717, 1.165) is 55.7 Å². The first-order chi connectivity index (χ1) is 12.3. The highest BCUT2D eigenvalue weighted by Crippen LogP contribution is 2.34. The Labute approximate surface area is 147 Å². The van der Waals surface area contributed by atoms with Crippen molar-refractivity contribution in [2.75, 3.05) is 38.3 Å². The van der Waals surface area contributed by atoms with Crippen LogP contribution in [-0.2, 0) is 9.53 Å². The number of nitrogens with zero attached hydrogens (tertiary/aromatic N) is 4. The second-order valence-corrected chi connectivity index (χ2v) is 6.97. The number of carbonyl (C=O) groups excluding carboxylic acids is 1. The quantitative estimate of drug-likeness (QED) is 0.838. The molecule has 2 aromatic heterocycles. The van der Waals surface area contributed by atoms with Gasteiger partial charge in [0, 0.05) is 52.0 Å². The molecular weight excluding hydrogens is 318 g/mol. The van der Waals surface area contributed by atoms with Crippen molar-refractivity contribution in [3.8, 4) is 0 Å². The number of rotatable bonds is 5. The summed E-state index contributed by atoms with van der Waals surface area (Å²) >= 11 is 0. The number of piperidine rings is 2. The van der Waals surface area contributed by atoms with Crippen LogP contribution in [0.2, 0.25) is 0 Å². The number of fused-ring (bicyclic) bond motifs is 2. The zero-order valence-electron chi connectivity index (χ0n) is 14.6. The van der Waals surface area contributed by atoms with E-state index in [1.54, 1.807) is 13.4 Å². The average Bonchev–Trinajstić information content (AvgIpc) is 3.12. The Bertz CT molecular complexity index is 746. The summed E-state index contributed by atoms with van der Waals surface area (Å²) in [6, 6.07) is 2.40. The van der Waals surface area contributed by atoms with Gasteiger partial charge >= 0.3 is 0 Å². The number of hydrogen-bond donors (Lipinski definition) is 1. The maximum Gasteiger partial charge on any atom is 0.222 e. The van der Waals surface area contributed by atoms with Crippen LogP contribution >= 0.6 is 0 Å². The van der Waals surface area contributed by atoms with Crippen LogP contribution in [0.4, 0.5) is 5.82 Å². The van der Waals surface area contributed by atoms with E-state index in [2.05, 4.69) is 24.8 Å². The molecule has 0 radical (unpaired) electrons. The first-order valence-corrected chi connectivity index (χ1v) is 9.09. The third kappa shape index (κ3) is 3.08. The molecule has 2 aromatic rings. The number of methoxy groups -OCH3 is 1. The second kappa shape index (κ2) is 7.00. The molecule has 1 amide bonds. The summed E-state index contributed by atoms with van der Waals surface area (Å²) in [5.74, 6) is 1.83. The molecule has 4 rings (SSSR count). The molecule has 1 N–H and O–H groups in total. The Hall–Kier alpha value is -2.15. The van der Waals surface area contributed by atoms with Gasteiger partial charge in [-0.2, -0.15) is 0 Å². The minimum atomic E-state index is 0.306. The number of carbonyl (C=O) groups is 1. The van der Waals surface area contributed by atoms with E-state index in [0.29, 0.717) is 30.9 Å². The van der Waals surface area contributed by atoms with E-state index in [1.165, 1.54) is 0 Å². The number of likely N-dealkylation sites (tertiary alicyclic amines) is 1. The van der Waals surface area contributed by atoms with Crippen LogP contribution in [0.1, 0.15) is 25.7 Å². The molecule has 0 unspecified atom stereocenters. The number of nitrogens with one attached hydrogen (secondary N) is 1. The Morgan fingerprint density at radius 3 is 3.16 bits per heavy atom. The van der Waals surface area contributed by atoms with Crippen LogP contribution in [0, 0.1) is 5.92 Å². The lowest BCUT2D eigenvalue weighted by atomic mass is 9.83. The third-order valence-corrected chi connectivity index (χ3v) is 5.52. The van der Waals surface area contributed by atoms with Crippen molar-refractivity contribution in [2.45, 2.75) is 31.7 Å². The summed E-state index contributed by atoms with van der Waals surface area (Å²) in [6.07, 6.45) is 7.08. The molecular formula is C18H25N5O2. The normalized spacial score (nSPS) is 24.0. The van der Waals surface area contributed by atoms with Crippen LogP contribution < -0.4 is 4.90 Å². The third-order valence-electron chi connectivity index (χ3n) is 5.52. The summed E-state index contributed by atoms with van der Waals surface area (Å²) in [4.78, 5) is 28.8. The molecule has 2 aliphatic heterocycles. The van der Waals surface area contributed by atoms with Gasteiger partial charge in [0.05, 0.1) is 5.39 Å². The fourth-order valence-corrected chi connectivity index (χ4v) is 4.32. The minimum Gasteiger partial charge on any atom is -0.385 e. The van der Waals surface area contributed by atoms with E-state index in [9.17, 15) is 4.79 Å². The van der Waals surface area contributed by atoms with Gasteiger partial charge in [-0.25, -0.2) is 9.97 Å². The lowest BCUT2D eigenvalue weighted by Gasteiger charge is -2.47. The number of aromatic amines is 1. The van der Waals surface area contributed by atoms with E-state index < -0.39 is 0 Å². The van der Waals surface area contributed by atoms with Crippen LogP contribution in [-0.4, -0.2) is 65.2 Å². The second-order valence-electron chi connectivity index (χ2n) is 6.97. The number of aromatic nitrogens is 3. The maximum absolute atomic E-state index is 12.4. The predicted octanol–water partition coefficient (Wildman–Crippen LogP) is 1.81. The molecule has 25 heavy (non-hydrogen) atoms. The largest absolute Gasteiger partial charge is 0.385 e. The molecule has 7 nitrogen and oxygen atoms in total. The van der Waals surface area contributed by atoms with Gasteiger partial charge in [-0.05, 0) is 31.2 Å². The number of H-pyrrole nitrogens is 1. The number of ether oxygens (including phenoxy) is 1. The summed E-state index contributed by atoms with van der Waals surface area (Å²) in [5.41, 5.74) is 0.882. The fraction of sp³-hybridized carbons (Fsp3) is 0.611. The topological polar surface area (TPSA) is 74.3 Å². The lowest BCUT2D eigenvalue weighted by molar-refractivity contribution is -0.139. The van der Waals surface area contributed by atoms with Gasteiger partial charge in [-0.3, -0.25) is 4.79 Å². The monoisotopic (exact) mass is 343 g/mol. The van der Waals surface area contributed by atoms with Crippen molar-refractivity contribution in [2.24, 2.45) is 5.92 Å². The number of anilines is 1. The fourth-order valence-electron chi connectivity index (χ4n) is 4.32. The van der Waals surface area contributed by atoms with Gasteiger partial charge in [-0.1, -0.05) is 0 Å². The maximum atomic E-state index is 12.4. The van der Waals surface area contributed by atoms with Crippen LogP contribution in [0.25, 0.3) is 11.0 Å². The van der Waals surface area contributed by atoms with Crippen LogP contribution in [0.3, 0.4) is 0 Å². The van der Waals surface area contributed by atoms with Gasteiger partial charge in [0.2, 0.25) is 5.91 Å². The smallest absolute Gasteiger partial charge is 0.222 e. The lowest BCUT2D eigenvalue weighted by Crippen LogP contribution is -2.56. The van der Waals surface area contributed by atoms with Crippen molar-refractivity contribution < 1.29 is 9.53 Å². The molecule has 4 heterocycles.